The minimum Gasteiger partial charge on any atom is -0.450 e. The number of aliphatic hydroxyl groups is 1. The van der Waals surface area contributed by atoms with Gasteiger partial charge in [0.05, 0.1) is 4.92 Å². The summed E-state index contributed by atoms with van der Waals surface area (Å²) in [6, 6.07) is 11.9. The molecule has 2 N–H and O–H groups in total. The molecule has 6 heteroatoms. The van der Waals surface area contributed by atoms with E-state index in [1.807, 2.05) is 12.1 Å². The molecule has 6 nitrogen and oxygen atoms in total. The van der Waals surface area contributed by atoms with Gasteiger partial charge in [-0.25, -0.2) is 0 Å². The van der Waals surface area contributed by atoms with Crippen molar-refractivity contribution in [1.82, 2.24) is 0 Å². The summed E-state index contributed by atoms with van der Waals surface area (Å²) in [6.45, 7) is 0.0793. The number of rotatable bonds is 6. The van der Waals surface area contributed by atoms with Crippen molar-refractivity contribution in [2.75, 3.05) is 19.0 Å². The molecule has 0 aliphatic rings. The maximum atomic E-state index is 11.2. The summed E-state index contributed by atoms with van der Waals surface area (Å²) in [6.07, 6.45) is 0.565. The molecule has 21 heavy (non-hydrogen) atoms. The number of anilines is 1. The highest BCUT2D eigenvalue weighted by Gasteiger charge is 2.20. The zero-order chi connectivity index (χ0) is 15.2. The molecule has 2 rings (SSSR count). The predicted octanol–water partition coefficient (Wildman–Crippen LogP) is 2.96. The van der Waals surface area contributed by atoms with Crippen molar-refractivity contribution in [1.29, 1.82) is 0 Å². The first-order chi connectivity index (χ1) is 10.2. The van der Waals surface area contributed by atoms with Crippen LogP contribution in [0, 0.1) is 10.1 Å². The van der Waals surface area contributed by atoms with Crippen LogP contribution in [0.1, 0.15) is 5.56 Å². The first-order valence-electron chi connectivity index (χ1n) is 6.48. The van der Waals surface area contributed by atoms with Crippen molar-refractivity contribution in [3.8, 4) is 11.5 Å². The van der Waals surface area contributed by atoms with Crippen molar-refractivity contribution in [3.63, 3.8) is 0 Å². The van der Waals surface area contributed by atoms with Gasteiger partial charge in [0.25, 0.3) is 0 Å². The van der Waals surface area contributed by atoms with E-state index in [4.69, 9.17) is 9.84 Å². The van der Waals surface area contributed by atoms with Gasteiger partial charge >= 0.3 is 5.69 Å². The van der Waals surface area contributed by atoms with Crippen molar-refractivity contribution in [3.05, 3.63) is 58.1 Å². The number of benzene rings is 2. The highest BCUT2D eigenvalue weighted by molar-refractivity contribution is 5.68. The van der Waals surface area contributed by atoms with Crippen molar-refractivity contribution < 1.29 is 14.8 Å². The molecular weight excluding hydrogens is 272 g/mol. The average Bonchev–Trinajstić information content (AvgIpc) is 2.49. The van der Waals surface area contributed by atoms with Crippen LogP contribution in [0.3, 0.4) is 0 Å². The van der Waals surface area contributed by atoms with Crippen molar-refractivity contribution in [2.24, 2.45) is 0 Å². The Morgan fingerprint density at radius 3 is 2.52 bits per heavy atom. The normalized spacial score (nSPS) is 10.2. The van der Waals surface area contributed by atoms with E-state index in [0.717, 1.165) is 5.56 Å². The Bertz CT molecular complexity index is 626. The molecule has 110 valence electrons. The van der Waals surface area contributed by atoms with E-state index in [0.29, 0.717) is 17.9 Å². The number of nitro benzene ring substituents is 1. The SMILES string of the molecule is CNc1cccc(Oc2ccc(CCO)cc2)c1[N+](=O)[O-]. The Balaban J connectivity index is 2.28. The van der Waals surface area contributed by atoms with Crippen molar-refractivity contribution >= 4 is 11.4 Å². The number of nitrogens with zero attached hydrogens (tertiary/aromatic N) is 1. The van der Waals surface area contributed by atoms with E-state index in [1.165, 1.54) is 0 Å². The number of hydrogen-bond acceptors (Lipinski definition) is 5. The number of ether oxygens (including phenoxy) is 1. The Hall–Kier alpha value is -2.60. The van der Waals surface area contributed by atoms with Gasteiger partial charge < -0.3 is 15.2 Å². The van der Waals surface area contributed by atoms with Crippen LogP contribution in [0.4, 0.5) is 11.4 Å². The molecule has 2 aromatic rings. The number of nitrogens with one attached hydrogen (secondary N) is 1. The van der Waals surface area contributed by atoms with Gasteiger partial charge in [-0.15, -0.1) is 0 Å². The molecule has 0 amide bonds. The fourth-order valence-electron chi connectivity index (χ4n) is 1.97. The van der Waals surface area contributed by atoms with Gasteiger partial charge in [0, 0.05) is 13.7 Å². The smallest absolute Gasteiger partial charge is 0.334 e. The number of hydrogen-bond donors (Lipinski definition) is 2. The van der Waals surface area contributed by atoms with Crippen LogP contribution in [0.15, 0.2) is 42.5 Å². The predicted molar refractivity (Wildman–Crippen MR) is 79.9 cm³/mol. The standard InChI is InChI=1S/C15H16N2O4/c1-16-13-3-2-4-14(15(13)17(19)20)21-12-7-5-11(6-8-12)9-10-18/h2-8,16,18H,9-10H2,1H3. The van der Waals surface area contributed by atoms with Gasteiger partial charge in [0.1, 0.15) is 11.4 Å². The third-order valence-corrected chi connectivity index (χ3v) is 3.00. The zero-order valence-corrected chi connectivity index (χ0v) is 11.6. The first kappa shape index (κ1) is 14.8. The van der Waals surface area contributed by atoms with E-state index < -0.39 is 4.92 Å². The van der Waals surface area contributed by atoms with E-state index >= 15 is 0 Å². The average molecular weight is 288 g/mol. The molecule has 0 unspecified atom stereocenters. The Morgan fingerprint density at radius 2 is 1.95 bits per heavy atom. The summed E-state index contributed by atoms with van der Waals surface area (Å²) >= 11 is 0. The van der Waals surface area contributed by atoms with Crippen LogP contribution in [-0.2, 0) is 6.42 Å². The lowest BCUT2D eigenvalue weighted by molar-refractivity contribution is -0.384. The van der Waals surface area contributed by atoms with E-state index in [2.05, 4.69) is 5.32 Å². The molecule has 0 heterocycles. The number of nitro groups is 1. The summed E-state index contributed by atoms with van der Waals surface area (Å²) in [5, 5.41) is 22.8. The maximum absolute atomic E-state index is 11.2. The molecule has 0 bridgehead atoms. The van der Waals surface area contributed by atoms with Gasteiger partial charge in [0.15, 0.2) is 0 Å². The molecule has 0 atom stereocenters. The Labute approximate surface area is 122 Å². The van der Waals surface area contributed by atoms with E-state index in [-0.39, 0.29) is 18.0 Å². The highest BCUT2D eigenvalue weighted by atomic mass is 16.6. The molecule has 2 aromatic carbocycles. The lowest BCUT2D eigenvalue weighted by atomic mass is 10.1. The quantitative estimate of drug-likeness (QED) is 0.630. The molecule has 0 spiro atoms. The molecule has 0 aliphatic carbocycles. The highest BCUT2D eigenvalue weighted by Crippen LogP contribution is 2.37. The number of para-hydroxylation sites is 1. The van der Waals surface area contributed by atoms with Crippen LogP contribution in [0.2, 0.25) is 0 Å². The molecule has 0 aliphatic heterocycles. The third-order valence-electron chi connectivity index (χ3n) is 3.00. The van der Waals surface area contributed by atoms with Crippen LogP contribution < -0.4 is 10.1 Å². The lowest BCUT2D eigenvalue weighted by Gasteiger charge is -2.09. The summed E-state index contributed by atoms with van der Waals surface area (Å²) in [4.78, 5) is 10.7. The maximum Gasteiger partial charge on any atom is 0.334 e. The van der Waals surface area contributed by atoms with Crippen LogP contribution >= 0.6 is 0 Å². The topological polar surface area (TPSA) is 84.6 Å². The van der Waals surface area contributed by atoms with Crippen LogP contribution in [0.5, 0.6) is 11.5 Å². The molecule has 0 fully saturated rings. The molecule has 0 saturated heterocycles. The van der Waals surface area contributed by atoms with Gasteiger partial charge in [-0.1, -0.05) is 18.2 Å². The van der Waals surface area contributed by atoms with Gasteiger partial charge in [-0.05, 0) is 36.2 Å². The third kappa shape index (κ3) is 3.49. The summed E-state index contributed by atoms with van der Waals surface area (Å²) in [7, 11) is 1.62. The van der Waals surface area contributed by atoms with E-state index in [9.17, 15) is 10.1 Å². The fraction of sp³-hybridized carbons (Fsp3) is 0.200. The van der Waals surface area contributed by atoms with E-state index in [1.54, 1.807) is 37.4 Å². The summed E-state index contributed by atoms with van der Waals surface area (Å²) < 4.78 is 5.60. The largest absolute Gasteiger partial charge is 0.450 e. The number of aliphatic hydroxyl groups excluding tert-OH is 1. The Kier molecular flexibility index (Phi) is 4.73. The monoisotopic (exact) mass is 288 g/mol. The molecular formula is C15H16N2O4. The van der Waals surface area contributed by atoms with Crippen molar-refractivity contribution in [2.45, 2.75) is 6.42 Å². The van der Waals surface area contributed by atoms with Crippen LogP contribution in [0.25, 0.3) is 0 Å². The minimum atomic E-state index is -0.471. The van der Waals surface area contributed by atoms with Gasteiger partial charge in [-0.3, -0.25) is 10.1 Å². The van der Waals surface area contributed by atoms with Gasteiger partial charge in [-0.2, -0.15) is 0 Å². The van der Waals surface area contributed by atoms with Crippen LogP contribution in [-0.4, -0.2) is 23.7 Å². The van der Waals surface area contributed by atoms with Gasteiger partial charge in [0.2, 0.25) is 5.75 Å². The molecule has 0 aromatic heterocycles. The minimum absolute atomic E-state index is 0.0793. The second kappa shape index (κ2) is 6.71. The summed E-state index contributed by atoms with van der Waals surface area (Å²) in [5.41, 5.74) is 1.28. The Morgan fingerprint density at radius 1 is 1.24 bits per heavy atom. The fourth-order valence-corrected chi connectivity index (χ4v) is 1.97. The first-order valence-corrected chi connectivity index (χ1v) is 6.48. The zero-order valence-electron chi connectivity index (χ0n) is 11.6. The lowest BCUT2D eigenvalue weighted by Crippen LogP contribution is -1.99. The second-order valence-electron chi connectivity index (χ2n) is 4.38. The second-order valence-corrected chi connectivity index (χ2v) is 4.38. The molecule has 0 saturated carbocycles. The summed E-state index contributed by atoms with van der Waals surface area (Å²) in [5.74, 6) is 0.690. The molecule has 0 radical (unpaired) electrons.